The van der Waals surface area contributed by atoms with Crippen LogP contribution < -0.4 is 0 Å². The van der Waals surface area contributed by atoms with Crippen molar-refractivity contribution >= 4 is 0 Å². The topological polar surface area (TPSA) is 113 Å². The third kappa shape index (κ3) is 8.24. The summed E-state index contributed by atoms with van der Waals surface area (Å²) in [6.07, 6.45) is -5.94. The lowest BCUT2D eigenvalue weighted by Gasteiger charge is -2.61. The Morgan fingerprint density at radius 3 is 1.49 bits per heavy atom. The molecule has 11 heteroatoms. The highest BCUT2D eigenvalue weighted by Crippen LogP contribution is 2.50. The lowest BCUT2D eigenvalue weighted by atomic mass is 9.77. The van der Waals surface area contributed by atoms with E-state index in [0.717, 1.165) is 16.7 Å². The molecule has 0 spiro atoms. The van der Waals surface area contributed by atoms with E-state index >= 15 is 0 Å². The number of aliphatic hydroxyl groups is 1. The molecular formula is C40H54O11. The molecule has 0 aliphatic carbocycles. The summed E-state index contributed by atoms with van der Waals surface area (Å²) < 4.78 is 63.0. The van der Waals surface area contributed by atoms with Crippen LogP contribution in [0.4, 0.5) is 0 Å². The molecule has 1 N–H and O–H groups in total. The van der Waals surface area contributed by atoms with Gasteiger partial charge in [0.05, 0.1) is 26.4 Å². The van der Waals surface area contributed by atoms with Crippen LogP contribution in [0.3, 0.4) is 0 Å². The minimum Gasteiger partial charge on any atom is -0.387 e. The lowest BCUT2D eigenvalue weighted by molar-refractivity contribution is -0.473. The molecule has 0 saturated carbocycles. The fraction of sp³-hybridized carbons (Fsp3) is 0.550. The molecule has 5 unspecified atom stereocenters. The van der Waals surface area contributed by atoms with Gasteiger partial charge in [0, 0.05) is 28.4 Å². The van der Waals surface area contributed by atoms with Crippen LogP contribution in [0.5, 0.6) is 0 Å². The minimum absolute atomic E-state index is 0.107. The highest BCUT2D eigenvalue weighted by molar-refractivity contribution is 5.17. The summed E-state index contributed by atoms with van der Waals surface area (Å²) in [7, 11) is 6.16. The molecule has 2 aliphatic rings. The van der Waals surface area contributed by atoms with Gasteiger partial charge in [-0.2, -0.15) is 0 Å². The number of methoxy groups -OCH3 is 4. The summed E-state index contributed by atoms with van der Waals surface area (Å²) in [6, 6.07) is 29.4. The van der Waals surface area contributed by atoms with E-state index in [9.17, 15) is 5.11 Å². The second kappa shape index (κ2) is 16.9. The summed E-state index contributed by atoms with van der Waals surface area (Å²) in [5.41, 5.74) is 1.86. The normalized spacial score (nSPS) is 32.5. The summed E-state index contributed by atoms with van der Waals surface area (Å²) >= 11 is 0. The second-order valence-corrected chi connectivity index (χ2v) is 13.6. The highest BCUT2D eigenvalue weighted by atomic mass is 16.8. The van der Waals surface area contributed by atoms with Crippen molar-refractivity contribution in [1.82, 2.24) is 0 Å². The molecule has 3 aromatic rings. The Morgan fingerprint density at radius 1 is 0.569 bits per heavy atom. The Balaban J connectivity index is 1.52. The molecule has 280 valence electrons. The first kappa shape index (κ1) is 39.4. The van der Waals surface area contributed by atoms with Gasteiger partial charge in [-0.1, -0.05) is 91.0 Å². The van der Waals surface area contributed by atoms with Crippen molar-refractivity contribution in [3.8, 4) is 0 Å². The Morgan fingerprint density at radius 2 is 1.02 bits per heavy atom. The van der Waals surface area contributed by atoms with Gasteiger partial charge < -0.3 is 52.5 Å². The zero-order chi connectivity index (χ0) is 36.7. The number of aliphatic hydroxyl groups excluding tert-OH is 1. The number of benzene rings is 3. The molecule has 0 aromatic heterocycles. The summed E-state index contributed by atoms with van der Waals surface area (Å²) in [5, 5.41) is 12.6. The molecular weight excluding hydrogens is 656 g/mol. The van der Waals surface area contributed by atoms with Crippen LogP contribution in [0, 0.1) is 0 Å². The molecule has 3 aromatic carbocycles. The zero-order valence-corrected chi connectivity index (χ0v) is 31.0. The van der Waals surface area contributed by atoms with Gasteiger partial charge >= 0.3 is 0 Å². The monoisotopic (exact) mass is 710 g/mol. The molecule has 0 radical (unpaired) electrons. The van der Waals surface area contributed by atoms with Gasteiger partial charge in [-0.15, -0.1) is 0 Å². The van der Waals surface area contributed by atoms with E-state index in [1.54, 1.807) is 35.0 Å². The third-order valence-corrected chi connectivity index (χ3v) is 10.6. The number of rotatable bonds is 18. The second-order valence-electron chi connectivity index (χ2n) is 13.6. The molecule has 11 nitrogen and oxygen atoms in total. The van der Waals surface area contributed by atoms with Crippen LogP contribution in [0.1, 0.15) is 44.4 Å². The SMILES string of the molecule is COC1(C)O[C@@H]([C@H](COCc2ccccc2)OCc2ccccc2)[C@H]([C@H](O)[C@H](OCc2ccccc2)C2OC(C)(OC)C2(C)OC)OC1(C)OC. The average molecular weight is 711 g/mol. The first-order valence-corrected chi connectivity index (χ1v) is 17.3. The number of hydrogen-bond donors (Lipinski definition) is 1. The predicted octanol–water partition coefficient (Wildman–Crippen LogP) is 5.41. The van der Waals surface area contributed by atoms with Gasteiger partial charge in [0.1, 0.15) is 42.2 Å². The van der Waals surface area contributed by atoms with Crippen LogP contribution in [-0.2, 0) is 67.2 Å². The van der Waals surface area contributed by atoms with Gasteiger partial charge in [-0.3, -0.25) is 0 Å². The van der Waals surface area contributed by atoms with Crippen molar-refractivity contribution in [2.24, 2.45) is 0 Å². The summed E-state index contributed by atoms with van der Waals surface area (Å²) in [4.78, 5) is 0. The average Bonchev–Trinajstić information content (AvgIpc) is 3.17. The van der Waals surface area contributed by atoms with E-state index < -0.39 is 59.6 Å². The molecule has 2 heterocycles. The van der Waals surface area contributed by atoms with Crippen LogP contribution in [-0.4, -0.2) is 99.7 Å². The minimum atomic E-state index is -1.46. The van der Waals surface area contributed by atoms with E-state index in [-0.39, 0.29) is 19.8 Å². The van der Waals surface area contributed by atoms with Crippen molar-refractivity contribution < 1.29 is 52.5 Å². The van der Waals surface area contributed by atoms with E-state index in [4.69, 9.17) is 47.4 Å². The maximum atomic E-state index is 12.6. The Hall–Kier alpha value is -2.78. The van der Waals surface area contributed by atoms with Gasteiger partial charge in [0.2, 0.25) is 11.6 Å². The van der Waals surface area contributed by atoms with Crippen LogP contribution >= 0.6 is 0 Å². The maximum Gasteiger partial charge on any atom is 0.220 e. The Bertz CT molecular complexity index is 1480. The van der Waals surface area contributed by atoms with Crippen LogP contribution in [0.15, 0.2) is 91.0 Å². The first-order chi connectivity index (χ1) is 24.5. The highest BCUT2D eigenvalue weighted by Gasteiger charge is 2.69. The molecule has 0 bridgehead atoms. The fourth-order valence-electron chi connectivity index (χ4n) is 6.69. The van der Waals surface area contributed by atoms with Crippen LogP contribution in [0.25, 0.3) is 0 Å². The standard InChI is InChI=1S/C40H54O11/c1-37(42-5)36(51-38(37,2)43-6)35(48-26-30-22-16-11-17-23-30)32(41)34-33(49-39(3,44-7)40(4,45-8)50-34)31(47-25-29-20-14-10-15-21-29)27-46-24-28-18-12-9-13-19-28/h9-23,31-36,41H,24-27H2,1-8H3/t31-,32-,33-,34-,35-,36?,37?,38?,39?,40?/m0/s1. The fourth-order valence-corrected chi connectivity index (χ4v) is 6.69. The Labute approximate surface area is 301 Å². The molecule has 2 aliphatic heterocycles. The molecule has 51 heavy (non-hydrogen) atoms. The quantitative estimate of drug-likeness (QED) is 0.183. The van der Waals surface area contributed by atoms with E-state index in [1.807, 2.05) is 97.9 Å². The van der Waals surface area contributed by atoms with Crippen molar-refractivity contribution in [1.29, 1.82) is 0 Å². The predicted molar refractivity (Wildman–Crippen MR) is 188 cm³/mol. The third-order valence-electron chi connectivity index (χ3n) is 10.6. The van der Waals surface area contributed by atoms with E-state index in [2.05, 4.69) is 0 Å². The van der Waals surface area contributed by atoms with E-state index in [0.29, 0.717) is 6.61 Å². The number of hydrogen-bond acceptors (Lipinski definition) is 11. The molecule has 0 amide bonds. The van der Waals surface area contributed by atoms with Gasteiger partial charge in [-0.25, -0.2) is 0 Å². The van der Waals surface area contributed by atoms with Crippen molar-refractivity contribution in [3.05, 3.63) is 108 Å². The van der Waals surface area contributed by atoms with Crippen molar-refractivity contribution in [2.45, 2.75) is 107 Å². The summed E-state index contributed by atoms with van der Waals surface area (Å²) in [5.74, 6) is -3.99. The lowest BCUT2D eigenvalue weighted by Crippen LogP contribution is -2.79. The molecule has 2 fully saturated rings. The molecule has 2 saturated heterocycles. The summed E-state index contributed by atoms with van der Waals surface area (Å²) in [6.45, 7) is 7.98. The van der Waals surface area contributed by atoms with Gasteiger partial charge in [-0.05, 0) is 44.4 Å². The molecule has 10 atom stereocenters. The van der Waals surface area contributed by atoms with Crippen molar-refractivity contribution in [3.63, 3.8) is 0 Å². The smallest absolute Gasteiger partial charge is 0.220 e. The van der Waals surface area contributed by atoms with Crippen molar-refractivity contribution in [2.75, 3.05) is 35.0 Å². The molecule has 5 rings (SSSR count). The first-order valence-electron chi connectivity index (χ1n) is 17.3. The zero-order valence-electron chi connectivity index (χ0n) is 31.0. The largest absolute Gasteiger partial charge is 0.387 e. The Kier molecular flexibility index (Phi) is 13.1. The number of ether oxygens (including phenoxy) is 10. The maximum absolute atomic E-state index is 12.6. The van der Waals surface area contributed by atoms with E-state index in [1.165, 1.54) is 14.2 Å². The van der Waals surface area contributed by atoms with Gasteiger partial charge in [0.25, 0.3) is 0 Å². The van der Waals surface area contributed by atoms with Gasteiger partial charge in [0.15, 0.2) is 5.79 Å². The van der Waals surface area contributed by atoms with Crippen LogP contribution in [0.2, 0.25) is 0 Å².